The van der Waals surface area contributed by atoms with Crippen LogP contribution in [0.1, 0.15) is 15.4 Å². The average molecular weight is 465 g/mol. The van der Waals surface area contributed by atoms with E-state index in [2.05, 4.69) is 10.1 Å². The lowest BCUT2D eigenvalue weighted by molar-refractivity contribution is -0.384. The minimum Gasteiger partial charge on any atom is -0.364 e. The molecule has 0 unspecified atom stereocenters. The second kappa shape index (κ2) is 8.99. The molecule has 152 valence electrons. The minimum atomic E-state index is -1.04. The Morgan fingerprint density at radius 2 is 1.87 bits per heavy atom. The van der Waals surface area contributed by atoms with Gasteiger partial charge in [0.15, 0.2) is 5.01 Å². The van der Waals surface area contributed by atoms with Crippen LogP contribution in [0.5, 0.6) is 0 Å². The number of primary amides is 1. The molecule has 0 radical (unpaired) electrons. The average Bonchev–Trinajstić information content (AvgIpc) is 3.18. The maximum atomic E-state index is 12.2. The van der Waals surface area contributed by atoms with Crippen LogP contribution in [0.4, 0.5) is 5.69 Å². The summed E-state index contributed by atoms with van der Waals surface area (Å²) >= 11 is 12.6. The van der Waals surface area contributed by atoms with Gasteiger partial charge in [0.05, 0.1) is 16.2 Å². The number of amides is 1. The van der Waals surface area contributed by atoms with Gasteiger partial charge in [-0.05, 0) is 24.3 Å². The van der Waals surface area contributed by atoms with Crippen molar-refractivity contribution in [3.05, 3.63) is 78.6 Å². The summed E-state index contributed by atoms with van der Waals surface area (Å²) in [6, 6.07) is 10.2. The lowest BCUT2D eigenvalue weighted by atomic mass is 10.2. The van der Waals surface area contributed by atoms with Crippen LogP contribution < -0.4 is 5.73 Å². The molecule has 0 bridgehead atoms. The van der Waals surface area contributed by atoms with Crippen LogP contribution in [0.3, 0.4) is 0 Å². The van der Waals surface area contributed by atoms with Crippen molar-refractivity contribution >= 4 is 57.8 Å². The van der Waals surface area contributed by atoms with E-state index in [1.54, 1.807) is 29.6 Å². The molecule has 9 nitrogen and oxygen atoms in total. The number of nitrogens with zero attached hydrogens (tertiary/aromatic N) is 3. The van der Waals surface area contributed by atoms with Crippen molar-refractivity contribution in [2.75, 3.05) is 0 Å². The lowest BCUT2D eigenvalue weighted by Gasteiger charge is -2.01. The number of rotatable bonds is 6. The van der Waals surface area contributed by atoms with E-state index < -0.39 is 22.5 Å². The molecule has 3 rings (SSSR count). The molecule has 1 heterocycles. The van der Waals surface area contributed by atoms with Gasteiger partial charge in [0.25, 0.3) is 11.6 Å². The van der Waals surface area contributed by atoms with E-state index in [-0.39, 0.29) is 21.3 Å². The zero-order valence-corrected chi connectivity index (χ0v) is 17.1. The maximum Gasteiger partial charge on any atom is 0.366 e. The number of aromatic nitrogens is 1. The Morgan fingerprint density at radius 1 is 1.17 bits per heavy atom. The van der Waals surface area contributed by atoms with Gasteiger partial charge < -0.3 is 10.6 Å². The van der Waals surface area contributed by atoms with Crippen LogP contribution in [0.2, 0.25) is 10.0 Å². The van der Waals surface area contributed by atoms with E-state index >= 15 is 0 Å². The van der Waals surface area contributed by atoms with Crippen molar-refractivity contribution in [2.45, 2.75) is 0 Å². The molecular weight excluding hydrogens is 455 g/mol. The maximum absolute atomic E-state index is 12.2. The molecule has 30 heavy (non-hydrogen) atoms. The van der Waals surface area contributed by atoms with Gasteiger partial charge in [0.2, 0.25) is 5.71 Å². The highest BCUT2D eigenvalue weighted by Crippen LogP contribution is 2.26. The fraction of sp³-hybridized carbons (Fsp3) is 0. The first-order valence-corrected chi connectivity index (χ1v) is 9.64. The van der Waals surface area contributed by atoms with Crippen molar-refractivity contribution in [3.63, 3.8) is 0 Å². The largest absolute Gasteiger partial charge is 0.366 e. The van der Waals surface area contributed by atoms with Crippen LogP contribution in [0.25, 0.3) is 11.3 Å². The fourth-order valence-electron chi connectivity index (χ4n) is 2.24. The molecule has 0 saturated carbocycles. The van der Waals surface area contributed by atoms with E-state index in [4.69, 9.17) is 33.8 Å². The SMILES string of the molecule is NC(=O)/C(=N/OC(=O)c1ccc(Cl)c([N+](=O)[O-])c1)c1nc(-c2ccc(Cl)cc2)cs1. The van der Waals surface area contributed by atoms with Crippen LogP contribution in [0, 0.1) is 10.1 Å². The number of nitrogens with two attached hydrogens (primary N) is 1. The molecule has 0 fully saturated rings. The molecule has 0 aliphatic rings. The Hall–Kier alpha value is -3.34. The van der Waals surface area contributed by atoms with Crippen molar-refractivity contribution in [2.24, 2.45) is 10.9 Å². The molecule has 1 aromatic heterocycles. The summed E-state index contributed by atoms with van der Waals surface area (Å²) < 4.78 is 0. The van der Waals surface area contributed by atoms with Gasteiger partial charge in [0.1, 0.15) is 5.02 Å². The number of oxime groups is 1. The van der Waals surface area contributed by atoms with Crippen LogP contribution in [0.15, 0.2) is 53.0 Å². The van der Waals surface area contributed by atoms with Crippen LogP contribution in [-0.2, 0) is 9.63 Å². The van der Waals surface area contributed by atoms with E-state index in [1.807, 2.05) is 0 Å². The molecular formula is C18H10Cl2N4O5S. The highest BCUT2D eigenvalue weighted by Gasteiger charge is 2.20. The molecule has 2 N–H and O–H groups in total. The van der Waals surface area contributed by atoms with Gasteiger partial charge in [-0.1, -0.05) is 40.5 Å². The second-order valence-electron chi connectivity index (χ2n) is 5.65. The molecule has 12 heteroatoms. The third-order valence-corrected chi connectivity index (χ3v) is 5.10. The Bertz CT molecular complexity index is 1180. The lowest BCUT2D eigenvalue weighted by Crippen LogP contribution is -2.25. The van der Waals surface area contributed by atoms with E-state index in [0.29, 0.717) is 10.7 Å². The van der Waals surface area contributed by atoms with Gasteiger partial charge in [-0.2, -0.15) is 0 Å². The summed E-state index contributed by atoms with van der Waals surface area (Å²) in [5.41, 5.74) is 5.58. The quantitative estimate of drug-likeness (QED) is 0.252. The van der Waals surface area contributed by atoms with E-state index in [1.165, 1.54) is 12.1 Å². The number of nitro groups is 1. The van der Waals surface area contributed by atoms with E-state index in [0.717, 1.165) is 23.0 Å². The molecule has 2 aromatic carbocycles. The summed E-state index contributed by atoms with van der Waals surface area (Å²) in [5.74, 6) is -2.01. The first kappa shape index (κ1) is 21.4. The van der Waals surface area contributed by atoms with Gasteiger partial charge in [0, 0.05) is 22.0 Å². The predicted octanol–water partition coefficient (Wildman–Crippen LogP) is 4.07. The standard InChI is InChI=1S/C18H10Cl2N4O5S/c19-11-4-1-9(2-5-11)13-8-30-17(22-13)15(16(21)25)23-29-18(26)10-3-6-12(20)14(7-10)24(27)28/h1-8H,(H2,21,25)/b23-15-. The van der Waals surface area contributed by atoms with Crippen molar-refractivity contribution in [3.8, 4) is 11.3 Å². The Morgan fingerprint density at radius 3 is 2.50 bits per heavy atom. The number of nitro benzene ring substituents is 1. The summed E-state index contributed by atoms with van der Waals surface area (Å²) in [4.78, 5) is 43.2. The zero-order valence-electron chi connectivity index (χ0n) is 14.7. The topological polar surface area (TPSA) is 138 Å². The summed E-state index contributed by atoms with van der Waals surface area (Å²) in [6.07, 6.45) is 0. The van der Waals surface area contributed by atoms with Crippen molar-refractivity contribution < 1.29 is 19.3 Å². The first-order chi connectivity index (χ1) is 14.3. The molecule has 0 aliphatic carbocycles. The third kappa shape index (κ3) is 4.79. The first-order valence-electron chi connectivity index (χ1n) is 8.01. The fourth-order valence-corrected chi connectivity index (χ4v) is 3.37. The molecule has 0 spiro atoms. The number of thiazole rings is 1. The third-order valence-electron chi connectivity index (χ3n) is 3.68. The molecule has 1 amide bonds. The number of carbonyl (C=O) groups is 2. The highest BCUT2D eigenvalue weighted by atomic mass is 35.5. The summed E-state index contributed by atoms with van der Waals surface area (Å²) in [7, 11) is 0. The summed E-state index contributed by atoms with van der Waals surface area (Å²) in [5, 5.41) is 16.7. The Labute approximate surface area is 182 Å². The molecule has 3 aromatic rings. The Balaban J connectivity index is 1.84. The highest BCUT2D eigenvalue weighted by molar-refractivity contribution is 7.13. The van der Waals surface area contributed by atoms with Crippen LogP contribution >= 0.6 is 34.5 Å². The normalized spacial score (nSPS) is 11.2. The smallest absolute Gasteiger partial charge is 0.364 e. The molecule has 0 aliphatic heterocycles. The molecule has 0 atom stereocenters. The summed E-state index contributed by atoms with van der Waals surface area (Å²) in [6.45, 7) is 0. The number of carbonyl (C=O) groups excluding carboxylic acids is 2. The van der Waals surface area contributed by atoms with Gasteiger partial charge in [-0.15, -0.1) is 11.3 Å². The number of benzene rings is 2. The second-order valence-corrected chi connectivity index (χ2v) is 7.35. The number of hydrogen-bond donors (Lipinski definition) is 1. The van der Waals surface area contributed by atoms with Crippen molar-refractivity contribution in [1.29, 1.82) is 0 Å². The number of halogens is 2. The van der Waals surface area contributed by atoms with E-state index in [9.17, 15) is 19.7 Å². The minimum absolute atomic E-state index is 0.127. The van der Waals surface area contributed by atoms with Crippen LogP contribution in [-0.4, -0.2) is 27.5 Å². The van der Waals surface area contributed by atoms with Gasteiger partial charge in [-0.25, -0.2) is 9.78 Å². The van der Waals surface area contributed by atoms with Gasteiger partial charge >= 0.3 is 5.97 Å². The predicted molar refractivity (Wildman–Crippen MR) is 112 cm³/mol. The number of hydrogen-bond acceptors (Lipinski definition) is 8. The zero-order chi connectivity index (χ0) is 21.8. The Kier molecular flexibility index (Phi) is 6.40. The van der Waals surface area contributed by atoms with Crippen molar-refractivity contribution in [1.82, 2.24) is 4.98 Å². The molecule has 0 saturated heterocycles. The van der Waals surface area contributed by atoms with Gasteiger partial charge in [-0.3, -0.25) is 14.9 Å². The monoisotopic (exact) mass is 464 g/mol.